The number of piperidine rings is 1. The molecule has 0 bridgehead atoms. The quantitative estimate of drug-likeness (QED) is 0.602. The van der Waals surface area contributed by atoms with Crippen LogP contribution in [0.4, 0.5) is 5.82 Å². The summed E-state index contributed by atoms with van der Waals surface area (Å²) in [7, 11) is 5.34. The number of nitrogens with zero attached hydrogens (tertiary/aromatic N) is 4. The first kappa shape index (κ1) is 20.4. The molecule has 4 rings (SSSR count). The molecular formula is C22H26N4O3S. The topological polar surface area (TPSA) is 59.8 Å². The third-order valence-electron chi connectivity index (χ3n) is 5.46. The van der Waals surface area contributed by atoms with Gasteiger partial charge in [-0.15, -0.1) is 16.4 Å². The van der Waals surface area contributed by atoms with E-state index in [4.69, 9.17) is 14.6 Å². The fourth-order valence-corrected chi connectivity index (χ4v) is 4.44. The number of carbonyl (C=O) groups is 1. The molecule has 7 nitrogen and oxygen atoms in total. The molecule has 1 amide bonds. The van der Waals surface area contributed by atoms with E-state index in [9.17, 15) is 4.79 Å². The summed E-state index contributed by atoms with van der Waals surface area (Å²) < 4.78 is 12.5. The first-order chi connectivity index (χ1) is 14.6. The Kier molecular flexibility index (Phi) is 6.06. The fourth-order valence-electron chi connectivity index (χ4n) is 3.78. The molecule has 158 valence electrons. The van der Waals surface area contributed by atoms with Crippen LogP contribution in [0, 0.1) is 0 Å². The maximum absolute atomic E-state index is 13.4. The summed E-state index contributed by atoms with van der Waals surface area (Å²) in [6.45, 7) is 1.94. The Bertz CT molecular complexity index is 994. The van der Waals surface area contributed by atoms with Crippen LogP contribution >= 0.6 is 11.3 Å². The van der Waals surface area contributed by atoms with Gasteiger partial charge in [0.15, 0.2) is 17.3 Å². The number of hydrogen-bond acceptors (Lipinski definition) is 6. The Hall–Kier alpha value is -2.84. The number of thiophene rings is 1. The molecule has 0 spiro atoms. The number of methoxy groups -OCH3 is 2. The average Bonchev–Trinajstić information content (AvgIpc) is 3.47. The number of ether oxygens (including phenoxy) is 2. The second-order valence-corrected chi connectivity index (χ2v) is 8.29. The molecule has 0 saturated carbocycles. The van der Waals surface area contributed by atoms with Gasteiger partial charge in [0.05, 0.1) is 24.8 Å². The van der Waals surface area contributed by atoms with Crippen molar-refractivity contribution < 1.29 is 14.3 Å². The average molecular weight is 427 g/mol. The van der Waals surface area contributed by atoms with Crippen LogP contribution in [-0.4, -0.2) is 61.0 Å². The molecule has 1 aliphatic heterocycles. The highest BCUT2D eigenvalue weighted by Crippen LogP contribution is 2.30. The molecule has 1 aliphatic rings. The van der Waals surface area contributed by atoms with Gasteiger partial charge < -0.3 is 14.4 Å². The molecule has 30 heavy (non-hydrogen) atoms. The monoisotopic (exact) mass is 426 g/mol. The van der Waals surface area contributed by atoms with Crippen molar-refractivity contribution >= 4 is 23.1 Å². The van der Waals surface area contributed by atoms with Crippen molar-refractivity contribution in [2.45, 2.75) is 18.9 Å². The number of anilines is 1. The van der Waals surface area contributed by atoms with E-state index in [0.29, 0.717) is 17.3 Å². The second-order valence-electron chi connectivity index (χ2n) is 7.34. The minimum absolute atomic E-state index is 0.0112. The molecule has 1 saturated heterocycles. The second kappa shape index (κ2) is 8.89. The Balaban J connectivity index is 1.67. The van der Waals surface area contributed by atoms with Gasteiger partial charge in [-0.2, -0.15) is 0 Å². The summed E-state index contributed by atoms with van der Waals surface area (Å²) >= 11 is 1.46. The van der Waals surface area contributed by atoms with Crippen LogP contribution in [0.3, 0.4) is 0 Å². The highest BCUT2D eigenvalue weighted by molar-refractivity contribution is 7.12. The van der Waals surface area contributed by atoms with Gasteiger partial charge in [0.2, 0.25) is 0 Å². The van der Waals surface area contributed by atoms with Crippen LogP contribution in [0.1, 0.15) is 22.5 Å². The molecule has 1 fully saturated rings. The van der Waals surface area contributed by atoms with Gasteiger partial charge in [-0.25, -0.2) is 4.68 Å². The molecule has 3 aromatic rings. The summed E-state index contributed by atoms with van der Waals surface area (Å²) in [5.41, 5.74) is 0.839. The van der Waals surface area contributed by atoms with E-state index in [1.807, 2.05) is 52.9 Å². The summed E-state index contributed by atoms with van der Waals surface area (Å²) in [6.07, 6.45) is 3.73. The smallest absolute Gasteiger partial charge is 0.269 e. The standard InChI is InChI=1S/C22H26N4O3S/c1-24-11-8-16(9-12-24)26(22(27)20-5-4-14-30-20)21-10-13-25(23-21)17-6-7-18(28-2)19(15-17)29-3/h4-7,10,13-16H,8-9,11-12H2,1-3H3. The van der Waals surface area contributed by atoms with E-state index in [0.717, 1.165) is 36.5 Å². The summed E-state index contributed by atoms with van der Waals surface area (Å²) in [5.74, 6) is 1.97. The maximum Gasteiger partial charge on any atom is 0.269 e. The van der Waals surface area contributed by atoms with Gasteiger partial charge in [0.25, 0.3) is 5.91 Å². The number of benzene rings is 1. The van der Waals surface area contributed by atoms with Crippen molar-refractivity contribution in [1.29, 1.82) is 0 Å². The minimum atomic E-state index is 0.0112. The van der Waals surface area contributed by atoms with Crippen molar-refractivity contribution in [2.24, 2.45) is 0 Å². The molecular weight excluding hydrogens is 400 g/mol. The molecule has 0 N–H and O–H groups in total. The number of carbonyl (C=O) groups excluding carboxylic acids is 1. The van der Waals surface area contributed by atoms with Crippen LogP contribution in [0.5, 0.6) is 11.5 Å². The number of hydrogen-bond donors (Lipinski definition) is 0. The van der Waals surface area contributed by atoms with Crippen LogP contribution in [0.15, 0.2) is 48.0 Å². The van der Waals surface area contributed by atoms with Crippen LogP contribution < -0.4 is 14.4 Å². The zero-order chi connectivity index (χ0) is 21.1. The number of likely N-dealkylation sites (tertiary alicyclic amines) is 1. The van der Waals surface area contributed by atoms with Gasteiger partial charge in [-0.3, -0.25) is 9.69 Å². The van der Waals surface area contributed by atoms with Gasteiger partial charge in [0.1, 0.15) is 0 Å². The highest BCUT2D eigenvalue weighted by Gasteiger charge is 2.31. The lowest BCUT2D eigenvalue weighted by Gasteiger charge is -2.36. The molecule has 1 aromatic carbocycles. The molecule has 3 heterocycles. The highest BCUT2D eigenvalue weighted by atomic mass is 32.1. The summed E-state index contributed by atoms with van der Waals surface area (Å²) in [4.78, 5) is 18.3. The van der Waals surface area contributed by atoms with Crippen molar-refractivity contribution in [2.75, 3.05) is 39.3 Å². The van der Waals surface area contributed by atoms with E-state index in [1.165, 1.54) is 11.3 Å². The van der Waals surface area contributed by atoms with E-state index >= 15 is 0 Å². The first-order valence-electron chi connectivity index (χ1n) is 9.94. The minimum Gasteiger partial charge on any atom is -0.493 e. The zero-order valence-electron chi connectivity index (χ0n) is 17.4. The summed E-state index contributed by atoms with van der Waals surface area (Å²) in [5, 5.41) is 6.69. The van der Waals surface area contributed by atoms with Crippen molar-refractivity contribution in [3.63, 3.8) is 0 Å². The number of rotatable bonds is 6. The number of amides is 1. The Morgan fingerprint density at radius 3 is 2.57 bits per heavy atom. The predicted octanol–water partition coefficient (Wildman–Crippen LogP) is 3.69. The molecule has 0 radical (unpaired) electrons. The van der Waals surface area contributed by atoms with E-state index in [2.05, 4.69) is 11.9 Å². The molecule has 0 unspecified atom stereocenters. The van der Waals surface area contributed by atoms with Gasteiger partial charge in [0, 0.05) is 24.4 Å². The summed E-state index contributed by atoms with van der Waals surface area (Å²) in [6, 6.07) is 11.5. The van der Waals surface area contributed by atoms with Crippen molar-refractivity contribution in [1.82, 2.24) is 14.7 Å². The maximum atomic E-state index is 13.4. The lowest BCUT2D eigenvalue weighted by Crippen LogP contribution is -2.47. The van der Waals surface area contributed by atoms with E-state index in [-0.39, 0.29) is 11.9 Å². The Morgan fingerprint density at radius 2 is 1.90 bits per heavy atom. The van der Waals surface area contributed by atoms with Gasteiger partial charge in [-0.05, 0) is 56.6 Å². The Morgan fingerprint density at radius 1 is 1.13 bits per heavy atom. The molecule has 0 aliphatic carbocycles. The molecule has 8 heteroatoms. The number of aromatic nitrogens is 2. The lowest BCUT2D eigenvalue weighted by atomic mass is 10.0. The zero-order valence-corrected chi connectivity index (χ0v) is 18.3. The fraction of sp³-hybridized carbons (Fsp3) is 0.364. The van der Waals surface area contributed by atoms with Crippen molar-refractivity contribution in [3.8, 4) is 17.2 Å². The predicted molar refractivity (Wildman–Crippen MR) is 118 cm³/mol. The normalized spacial score (nSPS) is 15.2. The largest absolute Gasteiger partial charge is 0.493 e. The SMILES string of the molecule is COc1ccc(-n2ccc(N(C(=O)c3cccs3)C3CCN(C)CC3)n2)cc1OC. The third-order valence-corrected chi connectivity index (χ3v) is 6.32. The van der Waals surface area contributed by atoms with Crippen LogP contribution in [-0.2, 0) is 0 Å². The van der Waals surface area contributed by atoms with Gasteiger partial charge in [-0.1, -0.05) is 6.07 Å². The third kappa shape index (κ3) is 4.06. The van der Waals surface area contributed by atoms with E-state index in [1.54, 1.807) is 18.9 Å². The first-order valence-corrected chi connectivity index (χ1v) is 10.8. The lowest BCUT2D eigenvalue weighted by molar-refractivity contribution is 0.0966. The van der Waals surface area contributed by atoms with Crippen LogP contribution in [0.2, 0.25) is 0 Å². The molecule has 0 atom stereocenters. The van der Waals surface area contributed by atoms with Crippen LogP contribution in [0.25, 0.3) is 5.69 Å². The molecule has 2 aromatic heterocycles. The Labute approximate surface area is 180 Å². The van der Waals surface area contributed by atoms with E-state index < -0.39 is 0 Å². The van der Waals surface area contributed by atoms with Gasteiger partial charge >= 0.3 is 0 Å². The van der Waals surface area contributed by atoms with Crippen molar-refractivity contribution in [3.05, 3.63) is 52.9 Å².